The molecule has 2 heterocycles. The number of rotatable bonds is 7. The third-order valence-electron chi connectivity index (χ3n) is 5.36. The molecule has 10 heteroatoms. The Morgan fingerprint density at radius 3 is 2.42 bits per heavy atom. The summed E-state index contributed by atoms with van der Waals surface area (Å²) in [5, 5.41) is 14.0. The lowest BCUT2D eigenvalue weighted by molar-refractivity contribution is -0.481. The Balaban J connectivity index is 2.00. The van der Waals surface area contributed by atoms with E-state index >= 15 is 0 Å². The summed E-state index contributed by atoms with van der Waals surface area (Å²) < 4.78 is 30.4. The lowest BCUT2D eigenvalue weighted by atomic mass is 9.96. The second kappa shape index (κ2) is 8.80. The molecule has 2 aromatic heterocycles. The second-order valence-corrected chi connectivity index (χ2v) is 10.3. The fraction of sp³-hybridized carbons (Fsp3) is 0.174. The molecule has 0 aliphatic heterocycles. The summed E-state index contributed by atoms with van der Waals surface area (Å²) in [7, 11) is -4.08. The first kappa shape index (κ1) is 22.7. The number of carbonyl (C=O) groups is 1. The van der Waals surface area contributed by atoms with Gasteiger partial charge < -0.3 is 0 Å². The number of sulfonamides is 1. The molecule has 0 spiro atoms. The topological polar surface area (TPSA) is 111 Å². The van der Waals surface area contributed by atoms with Crippen molar-refractivity contribution in [2.45, 2.75) is 24.7 Å². The maximum absolute atomic E-state index is 13.3. The number of nitro groups is 1. The van der Waals surface area contributed by atoms with E-state index in [1.807, 2.05) is 12.3 Å². The molecule has 8 nitrogen and oxygen atoms in total. The molecule has 0 saturated heterocycles. The highest BCUT2D eigenvalue weighted by atomic mass is 32.2. The maximum Gasteiger partial charge on any atom is 0.263 e. The Hall–Kier alpha value is -3.50. The van der Waals surface area contributed by atoms with Gasteiger partial charge in [0.05, 0.1) is 16.3 Å². The van der Waals surface area contributed by atoms with Crippen molar-refractivity contribution in [2.24, 2.45) is 0 Å². The Morgan fingerprint density at radius 2 is 1.82 bits per heavy atom. The minimum Gasteiger partial charge on any atom is -0.274 e. The molecule has 4 rings (SSSR count). The van der Waals surface area contributed by atoms with Crippen LogP contribution in [0, 0.1) is 17.0 Å². The molecule has 2 aromatic carbocycles. The molecule has 0 amide bonds. The van der Waals surface area contributed by atoms with Crippen molar-refractivity contribution >= 4 is 44.0 Å². The minimum absolute atomic E-state index is 0.0181. The molecule has 0 aliphatic rings. The van der Waals surface area contributed by atoms with Crippen molar-refractivity contribution in [2.75, 3.05) is 11.3 Å². The average molecular weight is 484 g/mol. The van der Waals surface area contributed by atoms with Crippen molar-refractivity contribution in [3.8, 4) is 0 Å². The van der Waals surface area contributed by atoms with Crippen LogP contribution in [-0.2, 0) is 10.0 Å². The van der Waals surface area contributed by atoms with E-state index < -0.39 is 33.3 Å². The molecule has 0 bridgehead atoms. The van der Waals surface area contributed by atoms with Crippen LogP contribution in [0.3, 0.4) is 0 Å². The van der Waals surface area contributed by atoms with Crippen LogP contribution in [0.1, 0.15) is 33.6 Å². The van der Waals surface area contributed by atoms with E-state index in [0.717, 1.165) is 5.56 Å². The zero-order chi connectivity index (χ0) is 23.8. The smallest absolute Gasteiger partial charge is 0.263 e. The number of hydrogen-bond acceptors (Lipinski definition) is 6. The fourth-order valence-corrected chi connectivity index (χ4v) is 5.81. The van der Waals surface area contributed by atoms with E-state index in [9.17, 15) is 23.3 Å². The van der Waals surface area contributed by atoms with Gasteiger partial charge in [-0.25, -0.2) is 8.42 Å². The van der Waals surface area contributed by atoms with Crippen LogP contribution in [0.25, 0.3) is 10.9 Å². The van der Waals surface area contributed by atoms with Crippen molar-refractivity contribution in [1.82, 2.24) is 4.57 Å². The third kappa shape index (κ3) is 4.39. The molecule has 0 saturated carbocycles. The minimum atomic E-state index is -4.08. The Kier molecular flexibility index (Phi) is 6.05. The predicted molar refractivity (Wildman–Crippen MR) is 128 cm³/mol. The molecule has 1 unspecified atom stereocenters. The number of nitrogens with one attached hydrogen (secondary N) is 1. The molecule has 0 fully saturated rings. The molecule has 0 aliphatic carbocycles. The molecule has 1 N–H and O–H groups in total. The number of aromatic nitrogens is 1. The zero-order valence-electron chi connectivity index (χ0n) is 17.9. The highest BCUT2D eigenvalue weighted by Gasteiger charge is 2.32. The summed E-state index contributed by atoms with van der Waals surface area (Å²) in [4.78, 5) is 24.6. The van der Waals surface area contributed by atoms with Gasteiger partial charge in [0.2, 0.25) is 12.5 Å². The van der Waals surface area contributed by atoms with Crippen molar-refractivity contribution in [3.05, 3.63) is 92.2 Å². The standard InChI is InChI=1S/C23H21N3O5S2/c1-15-9-11-17(12-10-15)33(30,31)24-23-22(19(14-25(28)29)21-8-5-13-32-21)18-6-3-4-7-20(18)26(23)16(2)27/h3-13,19,24H,14H2,1-2H3. The summed E-state index contributed by atoms with van der Waals surface area (Å²) in [5.41, 5.74) is 1.78. The lowest BCUT2D eigenvalue weighted by Crippen LogP contribution is -2.21. The molecular formula is C23H21N3O5S2. The number of benzene rings is 2. The maximum atomic E-state index is 13.3. The van der Waals surface area contributed by atoms with Gasteiger partial charge in [0.25, 0.3) is 10.0 Å². The van der Waals surface area contributed by atoms with Crippen LogP contribution >= 0.6 is 11.3 Å². The van der Waals surface area contributed by atoms with Gasteiger partial charge >= 0.3 is 0 Å². The van der Waals surface area contributed by atoms with Gasteiger partial charge in [0, 0.05) is 27.7 Å². The van der Waals surface area contributed by atoms with Gasteiger partial charge in [0.15, 0.2) is 0 Å². The van der Waals surface area contributed by atoms with E-state index in [0.29, 0.717) is 21.3 Å². The molecule has 33 heavy (non-hydrogen) atoms. The van der Waals surface area contributed by atoms with E-state index in [1.54, 1.807) is 48.5 Å². The van der Waals surface area contributed by atoms with Crippen LogP contribution in [0.4, 0.5) is 5.82 Å². The normalized spacial score (nSPS) is 12.5. The molecular weight excluding hydrogens is 462 g/mol. The highest BCUT2D eigenvalue weighted by molar-refractivity contribution is 7.92. The van der Waals surface area contributed by atoms with Crippen LogP contribution in [0.5, 0.6) is 0 Å². The fourth-order valence-electron chi connectivity index (χ4n) is 3.91. The zero-order valence-corrected chi connectivity index (χ0v) is 19.5. The molecule has 170 valence electrons. The first-order chi connectivity index (χ1) is 15.7. The largest absolute Gasteiger partial charge is 0.274 e. The van der Waals surface area contributed by atoms with E-state index in [-0.39, 0.29) is 10.7 Å². The second-order valence-electron chi connectivity index (χ2n) is 7.64. The summed E-state index contributed by atoms with van der Waals surface area (Å²) in [5.74, 6) is -1.14. The number of anilines is 1. The van der Waals surface area contributed by atoms with E-state index in [4.69, 9.17) is 0 Å². The Morgan fingerprint density at radius 1 is 1.12 bits per heavy atom. The van der Waals surface area contributed by atoms with E-state index in [1.165, 1.54) is 35.0 Å². The van der Waals surface area contributed by atoms with E-state index in [2.05, 4.69) is 4.72 Å². The van der Waals surface area contributed by atoms with Crippen molar-refractivity contribution < 1.29 is 18.1 Å². The van der Waals surface area contributed by atoms with Crippen LogP contribution in [0.2, 0.25) is 0 Å². The molecule has 4 aromatic rings. The number of aryl methyl sites for hydroxylation is 1. The number of thiophene rings is 1. The van der Waals surface area contributed by atoms with Gasteiger partial charge in [-0.15, -0.1) is 11.3 Å². The number of para-hydroxylation sites is 1. The number of hydrogen-bond donors (Lipinski definition) is 1. The van der Waals surface area contributed by atoms with Crippen LogP contribution in [0.15, 0.2) is 70.9 Å². The van der Waals surface area contributed by atoms with Crippen molar-refractivity contribution in [1.29, 1.82) is 0 Å². The first-order valence-corrected chi connectivity index (χ1v) is 12.4. The van der Waals surface area contributed by atoms with Crippen LogP contribution in [-0.4, -0.2) is 30.4 Å². The summed E-state index contributed by atoms with van der Waals surface area (Å²) in [6.07, 6.45) is 0. The Bertz CT molecular complexity index is 1440. The van der Waals surface area contributed by atoms with Crippen molar-refractivity contribution in [3.63, 3.8) is 0 Å². The van der Waals surface area contributed by atoms with Gasteiger partial charge in [-0.2, -0.15) is 0 Å². The van der Waals surface area contributed by atoms with Gasteiger partial charge in [-0.1, -0.05) is 42.0 Å². The quantitative estimate of drug-likeness (QED) is 0.297. The first-order valence-electron chi connectivity index (χ1n) is 10.1. The number of nitrogens with zero attached hydrogens (tertiary/aromatic N) is 2. The summed E-state index contributed by atoms with van der Waals surface area (Å²) >= 11 is 1.34. The number of fused-ring (bicyclic) bond motifs is 1. The van der Waals surface area contributed by atoms with Crippen LogP contribution < -0.4 is 4.72 Å². The molecule has 1 atom stereocenters. The predicted octanol–water partition coefficient (Wildman–Crippen LogP) is 4.88. The highest BCUT2D eigenvalue weighted by Crippen LogP contribution is 2.41. The average Bonchev–Trinajstić information content (AvgIpc) is 3.38. The number of carbonyl (C=O) groups excluding carboxylic acids is 1. The van der Waals surface area contributed by atoms with Gasteiger partial charge in [0.1, 0.15) is 5.82 Å². The summed E-state index contributed by atoms with van der Waals surface area (Å²) in [6.45, 7) is 2.72. The lowest BCUT2D eigenvalue weighted by Gasteiger charge is -2.17. The monoisotopic (exact) mass is 483 g/mol. The third-order valence-corrected chi connectivity index (χ3v) is 7.70. The Labute approximate surface area is 194 Å². The molecule has 0 radical (unpaired) electrons. The summed E-state index contributed by atoms with van der Waals surface area (Å²) in [6, 6.07) is 16.8. The van der Waals surface area contributed by atoms with Gasteiger partial charge in [-0.05, 0) is 36.6 Å². The SMILES string of the molecule is CC(=O)n1c(NS(=O)(=O)c2ccc(C)cc2)c(C(C[N+](=O)[O-])c2cccs2)c2ccccc21. The van der Waals surface area contributed by atoms with Gasteiger partial charge in [-0.3, -0.25) is 24.2 Å².